The van der Waals surface area contributed by atoms with Crippen molar-refractivity contribution in [3.63, 3.8) is 0 Å². The van der Waals surface area contributed by atoms with Crippen LogP contribution in [0, 0.1) is 18.2 Å². The van der Waals surface area contributed by atoms with Crippen molar-refractivity contribution in [2.45, 2.75) is 42.8 Å². The lowest BCUT2D eigenvalue weighted by Gasteiger charge is -2.26. The molecule has 0 saturated heterocycles. The molecule has 7 nitrogen and oxygen atoms in total. The van der Waals surface area contributed by atoms with E-state index in [4.69, 9.17) is 27.5 Å². The molecule has 0 aromatic heterocycles. The summed E-state index contributed by atoms with van der Waals surface area (Å²) in [4.78, 5) is 53.2. The molecule has 2 amide bonds. The van der Waals surface area contributed by atoms with Gasteiger partial charge < -0.3 is 9.47 Å². The smallest absolute Gasteiger partial charge is 0.335 e. The predicted octanol–water partition coefficient (Wildman–Crippen LogP) is 5.35. The standard InChI is InChI=1S/C28H25ClFNO6S/c1-4-14-37-28(35)20-13-9-8-12-19(20)26(33)31(25(32)18-10-6-5-7-11-18)23-16-24(21(29)15-22(23)30)38-17(2)27(34)36-3/h1,5-7,10-11,15-17H,8-9,12-14H2,2-3H3. The molecule has 3 rings (SSSR count). The van der Waals surface area contributed by atoms with Crippen molar-refractivity contribution >= 4 is 52.8 Å². The summed E-state index contributed by atoms with van der Waals surface area (Å²) in [6.45, 7) is 1.30. The third-order valence-electron chi connectivity index (χ3n) is 5.77. The number of methoxy groups -OCH3 is 1. The Bertz CT molecular complexity index is 1320. The van der Waals surface area contributed by atoms with Crippen LogP contribution >= 0.6 is 23.4 Å². The van der Waals surface area contributed by atoms with E-state index < -0.39 is 34.8 Å². The minimum Gasteiger partial charge on any atom is -0.468 e. The van der Waals surface area contributed by atoms with Crippen molar-refractivity contribution in [1.82, 2.24) is 0 Å². The van der Waals surface area contributed by atoms with E-state index >= 15 is 4.39 Å². The SMILES string of the molecule is C#CCOC(=O)C1=C(C(=O)N(C(=O)c2ccccc2)c2cc(SC(C)C(=O)OC)c(Cl)cc2F)CCCC1. The number of anilines is 1. The van der Waals surface area contributed by atoms with Crippen LogP contribution in [0.2, 0.25) is 5.02 Å². The molecule has 0 spiro atoms. The van der Waals surface area contributed by atoms with Crippen LogP contribution in [-0.2, 0) is 23.9 Å². The highest BCUT2D eigenvalue weighted by atomic mass is 35.5. The normalized spacial score (nSPS) is 13.8. The molecule has 10 heteroatoms. The van der Waals surface area contributed by atoms with Crippen molar-refractivity contribution in [2.24, 2.45) is 0 Å². The molecule has 1 atom stereocenters. The number of amides is 2. The zero-order valence-electron chi connectivity index (χ0n) is 20.8. The van der Waals surface area contributed by atoms with E-state index in [0.717, 1.165) is 17.8 Å². The molecule has 0 radical (unpaired) electrons. The summed E-state index contributed by atoms with van der Waals surface area (Å²) >= 11 is 7.23. The molecule has 0 aliphatic heterocycles. The highest BCUT2D eigenvalue weighted by molar-refractivity contribution is 8.00. The lowest BCUT2D eigenvalue weighted by Crippen LogP contribution is -2.40. The van der Waals surface area contributed by atoms with E-state index in [2.05, 4.69) is 5.92 Å². The van der Waals surface area contributed by atoms with Crippen LogP contribution in [0.4, 0.5) is 10.1 Å². The van der Waals surface area contributed by atoms with Gasteiger partial charge in [0.25, 0.3) is 11.8 Å². The molecule has 198 valence electrons. The number of carbonyl (C=O) groups is 4. The Balaban J connectivity index is 2.16. The highest BCUT2D eigenvalue weighted by Gasteiger charge is 2.34. The second kappa shape index (κ2) is 13.3. The van der Waals surface area contributed by atoms with Crippen molar-refractivity contribution in [3.8, 4) is 12.3 Å². The topological polar surface area (TPSA) is 90.0 Å². The number of hydrogen-bond donors (Lipinski definition) is 0. The number of benzene rings is 2. The third-order valence-corrected chi connectivity index (χ3v) is 7.33. The van der Waals surface area contributed by atoms with E-state index in [1.807, 2.05) is 0 Å². The molecule has 1 unspecified atom stereocenters. The maximum absolute atomic E-state index is 15.4. The summed E-state index contributed by atoms with van der Waals surface area (Å²) in [6.07, 6.45) is 6.84. The van der Waals surface area contributed by atoms with E-state index in [-0.39, 0.29) is 51.8 Å². The fraction of sp³-hybridized carbons (Fsp3) is 0.286. The number of imide groups is 1. The molecule has 1 aliphatic rings. The maximum Gasteiger partial charge on any atom is 0.335 e. The highest BCUT2D eigenvalue weighted by Crippen LogP contribution is 2.38. The van der Waals surface area contributed by atoms with Crippen LogP contribution in [-0.4, -0.2) is 42.7 Å². The van der Waals surface area contributed by atoms with Gasteiger partial charge in [0.1, 0.15) is 11.1 Å². The first-order chi connectivity index (χ1) is 18.2. The van der Waals surface area contributed by atoms with Gasteiger partial charge in [-0.1, -0.05) is 35.7 Å². The lowest BCUT2D eigenvalue weighted by atomic mass is 9.90. The molecule has 0 heterocycles. The average Bonchev–Trinajstić information content (AvgIpc) is 2.93. The zero-order chi connectivity index (χ0) is 27.8. The molecule has 0 saturated carbocycles. The maximum atomic E-state index is 15.4. The third kappa shape index (κ3) is 6.63. The predicted molar refractivity (Wildman–Crippen MR) is 142 cm³/mol. The van der Waals surface area contributed by atoms with Crippen molar-refractivity contribution in [3.05, 3.63) is 70.0 Å². The van der Waals surface area contributed by atoms with Crippen LogP contribution in [0.1, 0.15) is 43.0 Å². The second-order valence-electron chi connectivity index (χ2n) is 8.27. The van der Waals surface area contributed by atoms with Gasteiger partial charge in [0, 0.05) is 21.6 Å². The first kappa shape index (κ1) is 29.0. The van der Waals surface area contributed by atoms with Crippen LogP contribution in [0.15, 0.2) is 58.5 Å². The van der Waals surface area contributed by atoms with Gasteiger partial charge in [0.15, 0.2) is 6.61 Å². The van der Waals surface area contributed by atoms with Crippen LogP contribution in [0.3, 0.4) is 0 Å². The van der Waals surface area contributed by atoms with Gasteiger partial charge >= 0.3 is 11.9 Å². The van der Waals surface area contributed by atoms with Crippen LogP contribution < -0.4 is 4.90 Å². The Morgan fingerprint density at radius 1 is 1.11 bits per heavy atom. The van der Waals surface area contributed by atoms with Gasteiger partial charge in [-0.25, -0.2) is 14.1 Å². The van der Waals surface area contributed by atoms with Crippen LogP contribution in [0.25, 0.3) is 0 Å². The number of terminal acetylenes is 1. The van der Waals surface area contributed by atoms with Gasteiger partial charge in [0.2, 0.25) is 0 Å². The first-order valence-electron chi connectivity index (χ1n) is 11.7. The largest absolute Gasteiger partial charge is 0.468 e. The fourth-order valence-corrected chi connectivity index (χ4v) is 5.11. The minimum atomic E-state index is -0.935. The van der Waals surface area contributed by atoms with Crippen molar-refractivity contribution in [2.75, 3.05) is 18.6 Å². The summed E-state index contributed by atoms with van der Waals surface area (Å²) < 4.78 is 25.2. The van der Waals surface area contributed by atoms with Gasteiger partial charge in [-0.3, -0.25) is 14.4 Å². The van der Waals surface area contributed by atoms with Crippen molar-refractivity contribution < 1.29 is 33.0 Å². The van der Waals surface area contributed by atoms with E-state index in [0.29, 0.717) is 17.7 Å². The Labute approximate surface area is 229 Å². The second-order valence-corrected chi connectivity index (χ2v) is 10.1. The Hall–Kier alpha value is -3.61. The molecule has 2 aromatic carbocycles. The number of hydrogen-bond acceptors (Lipinski definition) is 7. The summed E-state index contributed by atoms with van der Waals surface area (Å²) in [5, 5.41) is -0.717. The number of thioether (sulfide) groups is 1. The molecule has 2 aromatic rings. The molecule has 38 heavy (non-hydrogen) atoms. The van der Waals surface area contributed by atoms with Gasteiger partial charge in [-0.15, -0.1) is 18.2 Å². The van der Waals surface area contributed by atoms with Gasteiger partial charge in [-0.2, -0.15) is 0 Å². The fourth-order valence-electron chi connectivity index (χ4n) is 3.90. The number of carbonyl (C=O) groups excluding carboxylic acids is 4. The van der Waals surface area contributed by atoms with Gasteiger partial charge in [0.05, 0.1) is 17.8 Å². The monoisotopic (exact) mass is 557 g/mol. The quantitative estimate of drug-likeness (QED) is 0.187. The molecule has 0 bridgehead atoms. The molecule has 0 fully saturated rings. The minimum absolute atomic E-state index is 0.0120. The van der Waals surface area contributed by atoms with E-state index in [1.165, 1.54) is 25.3 Å². The average molecular weight is 558 g/mol. The number of ether oxygens (including phenoxy) is 2. The molecule has 0 N–H and O–H groups in total. The summed E-state index contributed by atoms with van der Waals surface area (Å²) in [5.41, 5.74) is -0.0953. The van der Waals surface area contributed by atoms with Crippen LogP contribution in [0.5, 0.6) is 0 Å². The Morgan fingerprint density at radius 2 is 1.76 bits per heavy atom. The number of esters is 2. The zero-order valence-corrected chi connectivity index (χ0v) is 22.4. The number of rotatable bonds is 8. The summed E-state index contributed by atoms with van der Waals surface area (Å²) in [6, 6.07) is 10.1. The lowest BCUT2D eigenvalue weighted by molar-refractivity contribution is -0.140. The van der Waals surface area contributed by atoms with E-state index in [1.54, 1.807) is 25.1 Å². The Morgan fingerprint density at radius 3 is 2.39 bits per heavy atom. The van der Waals surface area contributed by atoms with Gasteiger partial charge in [-0.05, 0) is 56.9 Å². The molecular weight excluding hydrogens is 533 g/mol. The number of halogens is 2. The first-order valence-corrected chi connectivity index (χ1v) is 12.9. The summed E-state index contributed by atoms with van der Waals surface area (Å²) in [7, 11) is 1.24. The molecule has 1 aliphatic carbocycles. The van der Waals surface area contributed by atoms with E-state index in [9.17, 15) is 19.2 Å². The number of nitrogens with zero attached hydrogens (tertiary/aromatic N) is 1. The summed E-state index contributed by atoms with van der Waals surface area (Å²) in [5.74, 6) is -1.68. The Kier molecular flexibility index (Phi) is 10.1. The van der Waals surface area contributed by atoms with Crippen molar-refractivity contribution in [1.29, 1.82) is 0 Å². The molecular formula is C28H25ClFNO6S.